The number of hydrogen-bond donors (Lipinski definition) is 1. The van der Waals surface area contributed by atoms with Gasteiger partial charge in [-0.3, -0.25) is 0 Å². The predicted molar refractivity (Wildman–Crippen MR) is 157 cm³/mol. The summed E-state index contributed by atoms with van der Waals surface area (Å²) in [7, 11) is 0. The third-order valence-corrected chi connectivity index (χ3v) is 8.67. The summed E-state index contributed by atoms with van der Waals surface area (Å²) in [4.78, 5) is 0. The van der Waals surface area contributed by atoms with Crippen molar-refractivity contribution in [3.05, 3.63) is 131 Å². The van der Waals surface area contributed by atoms with Crippen LogP contribution in [0.15, 0.2) is 109 Å². The lowest BCUT2D eigenvalue weighted by atomic mass is 9.81. The van der Waals surface area contributed by atoms with Crippen molar-refractivity contribution in [2.45, 2.75) is 38.5 Å². The molecule has 5 aromatic carbocycles. The molecular weight excluding hydrogens is 446 g/mol. The number of anilines is 2. The van der Waals surface area contributed by atoms with Crippen molar-refractivity contribution in [2.75, 3.05) is 5.32 Å². The first-order valence-electron chi connectivity index (χ1n) is 13.2. The molecule has 2 aliphatic carbocycles. The number of nitrogens with one attached hydrogen (secondary N) is 1. The maximum absolute atomic E-state index is 3.64. The Labute approximate surface area is 219 Å². The number of benzene rings is 5. The Morgan fingerprint density at radius 3 is 1.49 bits per heavy atom. The lowest BCUT2D eigenvalue weighted by Gasteiger charge is -2.22. The van der Waals surface area contributed by atoms with Crippen LogP contribution in [0.4, 0.5) is 11.4 Å². The normalized spacial score (nSPS) is 15.5. The first-order valence-corrected chi connectivity index (χ1v) is 13.2. The summed E-state index contributed by atoms with van der Waals surface area (Å²) in [6, 6.07) is 40.2. The minimum atomic E-state index is 0.00841. The van der Waals surface area contributed by atoms with Crippen LogP contribution in [0, 0.1) is 0 Å². The highest BCUT2D eigenvalue weighted by molar-refractivity contribution is 5.85. The summed E-state index contributed by atoms with van der Waals surface area (Å²) >= 11 is 0. The van der Waals surface area contributed by atoms with Gasteiger partial charge in [0.1, 0.15) is 0 Å². The molecule has 0 unspecified atom stereocenters. The first kappa shape index (κ1) is 22.1. The summed E-state index contributed by atoms with van der Waals surface area (Å²) < 4.78 is 0. The van der Waals surface area contributed by atoms with Crippen LogP contribution in [0.2, 0.25) is 0 Å². The van der Waals surface area contributed by atoms with Gasteiger partial charge in [-0.2, -0.15) is 0 Å². The maximum atomic E-state index is 3.64. The van der Waals surface area contributed by atoms with E-state index in [4.69, 9.17) is 0 Å². The average Bonchev–Trinajstić information content (AvgIpc) is 3.29. The average molecular weight is 478 g/mol. The second-order valence-corrected chi connectivity index (χ2v) is 11.6. The van der Waals surface area contributed by atoms with Crippen molar-refractivity contribution in [3.63, 3.8) is 0 Å². The van der Waals surface area contributed by atoms with Gasteiger partial charge in [-0.1, -0.05) is 107 Å². The molecule has 0 fully saturated rings. The molecule has 180 valence electrons. The van der Waals surface area contributed by atoms with Crippen molar-refractivity contribution in [2.24, 2.45) is 0 Å². The molecule has 0 spiro atoms. The number of rotatable bonds is 3. The van der Waals surface area contributed by atoms with Crippen molar-refractivity contribution in [1.29, 1.82) is 0 Å². The van der Waals surface area contributed by atoms with Crippen LogP contribution in [-0.4, -0.2) is 0 Å². The Morgan fingerprint density at radius 2 is 0.865 bits per heavy atom. The molecule has 0 bridgehead atoms. The third-order valence-electron chi connectivity index (χ3n) is 8.67. The van der Waals surface area contributed by atoms with E-state index in [1.807, 2.05) is 0 Å². The summed E-state index contributed by atoms with van der Waals surface area (Å²) in [5.41, 5.74) is 15.8. The first-order chi connectivity index (χ1) is 17.8. The van der Waals surface area contributed by atoms with E-state index >= 15 is 0 Å². The van der Waals surface area contributed by atoms with Gasteiger partial charge in [-0.05, 0) is 86.0 Å². The molecule has 2 aliphatic rings. The number of fused-ring (bicyclic) bond motifs is 6. The lowest BCUT2D eigenvalue weighted by Crippen LogP contribution is -2.15. The Bertz CT molecular complexity index is 1690. The van der Waals surface area contributed by atoms with E-state index < -0.39 is 0 Å². The predicted octanol–water partition coefficient (Wildman–Crippen LogP) is 9.71. The zero-order valence-corrected chi connectivity index (χ0v) is 21.9. The van der Waals surface area contributed by atoms with E-state index in [0.717, 1.165) is 11.4 Å². The summed E-state index contributed by atoms with van der Waals surface area (Å²) in [6.07, 6.45) is 0. The zero-order chi connectivity index (χ0) is 25.4. The third kappa shape index (κ3) is 3.23. The van der Waals surface area contributed by atoms with Crippen molar-refractivity contribution in [3.8, 4) is 33.4 Å². The van der Waals surface area contributed by atoms with Gasteiger partial charge in [-0.25, -0.2) is 0 Å². The molecule has 7 rings (SSSR count). The van der Waals surface area contributed by atoms with Gasteiger partial charge >= 0.3 is 0 Å². The van der Waals surface area contributed by atoms with Gasteiger partial charge in [0.25, 0.3) is 0 Å². The fourth-order valence-corrected chi connectivity index (χ4v) is 6.58. The summed E-state index contributed by atoms with van der Waals surface area (Å²) in [6.45, 7) is 9.33. The van der Waals surface area contributed by atoms with Gasteiger partial charge in [0.15, 0.2) is 0 Å². The smallest absolute Gasteiger partial charge is 0.0387 e. The fourth-order valence-electron chi connectivity index (χ4n) is 6.58. The van der Waals surface area contributed by atoms with E-state index in [2.05, 4.69) is 142 Å². The van der Waals surface area contributed by atoms with E-state index in [0.29, 0.717) is 0 Å². The van der Waals surface area contributed by atoms with Crippen LogP contribution in [-0.2, 0) is 10.8 Å². The molecule has 37 heavy (non-hydrogen) atoms. The fraction of sp³-hybridized carbons (Fsp3) is 0.167. The van der Waals surface area contributed by atoms with E-state index in [1.165, 1.54) is 55.6 Å². The Kier molecular flexibility index (Phi) is 4.60. The highest BCUT2D eigenvalue weighted by Gasteiger charge is 2.36. The molecule has 0 radical (unpaired) electrons. The van der Waals surface area contributed by atoms with E-state index in [1.54, 1.807) is 0 Å². The van der Waals surface area contributed by atoms with Crippen LogP contribution in [0.3, 0.4) is 0 Å². The van der Waals surface area contributed by atoms with Crippen molar-refractivity contribution < 1.29 is 0 Å². The largest absolute Gasteiger partial charge is 0.356 e. The van der Waals surface area contributed by atoms with Gasteiger partial charge in [0, 0.05) is 22.2 Å². The molecule has 0 heterocycles. The van der Waals surface area contributed by atoms with Crippen LogP contribution < -0.4 is 5.32 Å². The SMILES string of the molecule is CC1(C)c2ccccc2-c2ccc(Nc3ccc(-c4ccc5c(c4)C(C)(C)c4ccccc4-5)cc3)cc21. The van der Waals surface area contributed by atoms with Gasteiger partial charge in [0.05, 0.1) is 0 Å². The Morgan fingerprint density at radius 1 is 0.405 bits per heavy atom. The van der Waals surface area contributed by atoms with Crippen LogP contribution in [0.5, 0.6) is 0 Å². The molecular formula is C36H31N. The standard InChI is InChI=1S/C36H31N/c1-35(2)31-11-7-5-9-27(31)29-19-15-24(21-33(29)35)23-13-16-25(17-14-23)37-26-18-20-30-28-10-6-8-12-32(28)36(3,4)34(30)22-26/h5-22,37H,1-4H3. The molecule has 0 saturated heterocycles. The Hall–Kier alpha value is -4.10. The molecule has 0 aromatic heterocycles. The number of hydrogen-bond acceptors (Lipinski definition) is 1. The highest BCUT2D eigenvalue weighted by atomic mass is 14.9. The molecule has 1 nitrogen and oxygen atoms in total. The van der Waals surface area contributed by atoms with E-state index in [-0.39, 0.29) is 10.8 Å². The summed E-state index contributed by atoms with van der Waals surface area (Å²) in [5.74, 6) is 0. The van der Waals surface area contributed by atoms with Crippen LogP contribution in [0.1, 0.15) is 49.9 Å². The quantitative estimate of drug-likeness (QED) is 0.273. The molecule has 0 saturated carbocycles. The highest BCUT2D eigenvalue weighted by Crippen LogP contribution is 2.50. The minimum absolute atomic E-state index is 0.00841. The molecule has 0 amide bonds. The van der Waals surface area contributed by atoms with Crippen LogP contribution in [0.25, 0.3) is 33.4 Å². The van der Waals surface area contributed by atoms with Gasteiger partial charge < -0.3 is 5.32 Å². The molecule has 1 heteroatoms. The molecule has 0 atom stereocenters. The second kappa shape index (κ2) is 7.70. The van der Waals surface area contributed by atoms with Gasteiger partial charge in [0.2, 0.25) is 0 Å². The Balaban J connectivity index is 1.17. The van der Waals surface area contributed by atoms with Crippen molar-refractivity contribution in [1.82, 2.24) is 0 Å². The second-order valence-electron chi connectivity index (χ2n) is 11.6. The van der Waals surface area contributed by atoms with E-state index in [9.17, 15) is 0 Å². The molecule has 0 aliphatic heterocycles. The monoisotopic (exact) mass is 477 g/mol. The minimum Gasteiger partial charge on any atom is -0.356 e. The van der Waals surface area contributed by atoms with Gasteiger partial charge in [-0.15, -0.1) is 0 Å². The van der Waals surface area contributed by atoms with Crippen LogP contribution >= 0.6 is 0 Å². The zero-order valence-electron chi connectivity index (χ0n) is 21.9. The molecule has 5 aromatic rings. The summed E-state index contributed by atoms with van der Waals surface area (Å²) in [5, 5.41) is 3.64. The topological polar surface area (TPSA) is 12.0 Å². The maximum Gasteiger partial charge on any atom is 0.0387 e. The molecule has 1 N–H and O–H groups in total. The van der Waals surface area contributed by atoms with Crippen molar-refractivity contribution >= 4 is 11.4 Å². The lowest BCUT2D eigenvalue weighted by molar-refractivity contribution is 0.660.